The maximum Gasteiger partial charge on any atom is 0.410 e. The number of allylic oxidation sites excluding steroid dienone is 2. The van der Waals surface area contributed by atoms with E-state index in [4.69, 9.17) is 4.74 Å². The van der Waals surface area contributed by atoms with Crippen molar-refractivity contribution in [3.63, 3.8) is 0 Å². The fourth-order valence-corrected chi connectivity index (χ4v) is 10.5. The van der Waals surface area contributed by atoms with E-state index in [-0.39, 0.29) is 23.5 Å². The fourth-order valence-electron chi connectivity index (χ4n) is 9.36. The number of likely N-dealkylation sites (tertiary alicyclic amines) is 1. The van der Waals surface area contributed by atoms with Crippen molar-refractivity contribution in [2.24, 2.45) is 10.8 Å². The number of anilines is 2. The molecule has 0 radical (unpaired) electrons. The molecule has 0 atom stereocenters. The van der Waals surface area contributed by atoms with Gasteiger partial charge in [-0.15, -0.1) is 0 Å². The number of rotatable bonds is 8. The molecular formula is C50H54N4O6S2. The highest BCUT2D eigenvalue weighted by Gasteiger charge is 2.39. The Morgan fingerprint density at radius 1 is 0.597 bits per heavy atom. The Labute approximate surface area is 366 Å². The van der Waals surface area contributed by atoms with Crippen LogP contribution in [-0.2, 0) is 44.2 Å². The third-order valence-electron chi connectivity index (χ3n) is 12.4. The van der Waals surface area contributed by atoms with E-state index in [2.05, 4.69) is 75.4 Å². The first-order chi connectivity index (χ1) is 29.7. The molecule has 2 saturated heterocycles. The van der Waals surface area contributed by atoms with Gasteiger partial charge in [0, 0.05) is 24.5 Å². The number of amides is 1. The predicted molar refractivity (Wildman–Crippen MR) is 249 cm³/mol. The molecule has 1 amide bonds. The van der Waals surface area contributed by atoms with Crippen LogP contribution in [0.3, 0.4) is 0 Å². The van der Waals surface area contributed by atoms with Gasteiger partial charge in [-0.2, -0.15) is 0 Å². The van der Waals surface area contributed by atoms with Crippen molar-refractivity contribution < 1.29 is 26.4 Å². The van der Waals surface area contributed by atoms with E-state index < -0.39 is 20.0 Å². The number of nitrogens with one attached hydrogen (secondary N) is 3. The second-order valence-corrected chi connectivity index (χ2v) is 20.7. The van der Waals surface area contributed by atoms with Gasteiger partial charge in [0.05, 0.1) is 12.5 Å². The first-order valence-electron chi connectivity index (χ1n) is 21.2. The van der Waals surface area contributed by atoms with Crippen LogP contribution in [0.25, 0.3) is 11.1 Å². The van der Waals surface area contributed by atoms with E-state index in [1.807, 2.05) is 71.6 Å². The van der Waals surface area contributed by atoms with Gasteiger partial charge < -0.3 is 15.0 Å². The number of carbonyl (C=O) groups excluding carboxylic acids is 1. The van der Waals surface area contributed by atoms with Crippen molar-refractivity contribution in [1.29, 1.82) is 0 Å². The van der Waals surface area contributed by atoms with Gasteiger partial charge in [-0.25, -0.2) is 21.6 Å². The molecule has 0 saturated carbocycles. The lowest BCUT2D eigenvalue weighted by molar-refractivity contribution is 0.0722. The van der Waals surface area contributed by atoms with Gasteiger partial charge in [0.1, 0.15) is 6.61 Å². The molecule has 2 heterocycles. The van der Waals surface area contributed by atoms with Crippen LogP contribution in [0.4, 0.5) is 16.2 Å². The smallest absolute Gasteiger partial charge is 0.410 e. The number of nitrogens with zero attached hydrogens (tertiary/aromatic N) is 1. The summed E-state index contributed by atoms with van der Waals surface area (Å²) in [5.41, 5.74) is 12.1. The van der Waals surface area contributed by atoms with Gasteiger partial charge in [-0.05, 0) is 137 Å². The second-order valence-electron chi connectivity index (χ2n) is 17.2. The fraction of sp³-hybridized carbons (Fsp3) is 0.300. The van der Waals surface area contributed by atoms with Crippen molar-refractivity contribution in [2.75, 3.05) is 48.1 Å². The lowest BCUT2D eigenvalue weighted by Crippen LogP contribution is -2.44. The summed E-state index contributed by atoms with van der Waals surface area (Å²) in [6.45, 7) is 3.70. The molecule has 2 fully saturated rings. The topological polar surface area (TPSA) is 134 Å². The summed E-state index contributed by atoms with van der Waals surface area (Å²) in [6.07, 6.45) is 13.0. The normalized spacial score (nSPS) is 17.6. The third kappa shape index (κ3) is 10.5. The van der Waals surface area contributed by atoms with Crippen LogP contribution in [-0.4, -0.2) is 66.5 Å². The summed E-state index contributed by atoms with van der Waals surface area (Å²) in [6, 6.07) is 42.0. The average Bonchev–Trinajstić information content (AvgIpc) is 3.26. The molecule has 0 bridgehead atoms. The number of fused-ring (bicyclic) bond motifs is 2. The Kier molecular flexibility index (Phi) is 12.4. The van der Waals surface area contributed by atoms with Crippen molar-refractivity contribution in [3.05, 3.63) is 178 Å². The van der Waals surface area contributed by atoms with E-state index >= 15 is 0 Å². The molecule has 5 aromatic carbocycles. The average molecular weight is 871 g/mol. The molecular weight excluding hydrogens is 817 g/mol. The highest BCUT2D eigenvalue weighted by atomic mass is 32.2. The molecule has 2 aliphatic heterocycles. The van der Waals surface area contributed by atoms with E-state index in [1.165, 1.54) is 34.1 Å². The Morgan fingerprint density at radius 2 is 1.03 bits per heavy atom. The Balaban J connectivity index is 0.000000180. The standard InChI is InChI=1S/C29H30N2O4S.C21H24N2O2S/c1-36(33,34)30-25-13-11-23(12-14-25)27-20-29(19-24-9-5-6-10-26(24)27)15-17-31(18-16-29)28(32)35-21-22-7-3-2-4-8-22;1-26(24,25)23-18-8-6-16(7-9-18)20-15-21(10-12-22-13-11-21)14-17-4-2-3-5-19(17)20/h2-14,20,30H,15-19,21H2,1H3;2-9,15,22-23H,10-14H2,1H3. The largest absolute Gasteiger partial charge is 0.445 e. The van der Waals surface area contributed by atoms with E-state index in [0.29, 0.717) is 24.5 Å². The van der Waals surface area contributed by atoms with Crippen molar-refractivity contribution >= 4 is 48.7 Å². The van der Waals surface area contributed by atoms with Crippen LogP contribution >= 0.6 is 0 Å². The number of ether oxygens (including phenoxy) is 1. The molecule has 0 aromatic heterocycles. The summed E-state index contributed by atoms with van der Waals surface area (Å²) >= 11 is 0. The monoisotopic (exact) mass is 870 g/mol. The second kappa shape index (κ2) is 18.0. The lowest BCUT2D eigenvalue weighted by atomic mass is 9.67. The van der Waals surface area contributed by atoms with Crippen LogP contribution in [0.5, 0.6) is 0 Å². The van der Waals surface area contributed by atoms with Gasteiger partial charge in [-0.3, -0.25) is 9.44 Å². The molecule has 2 spiro atoms. The van der Waals surface area contributed by atoms with Gasteiger partial charge >= 0.3 is 6.09 Å². The van der Waals surface area contributed by atoms with Crippen LogP contribution in [0.1, 0.15) is 64.6 Å². The van der Waals surface area contributed by atoms with E-state index in [1.54, 1.807) is 12.1 Å². The minimum Gasteiger partial charge on any atom is -0.445 e. The number of piperidine rings is 2. The first kappa shape index (κ1) is 43.0. The van der Waals surface area contributed by atoms with Crippen molar-refractivity contribution in [3.8, 4) is 0 Å². The zero-order valence-corrected chi connectivity index (χ0v) is 36.9. The summed E-state index contributed by atoms with van der Waals surface area (Å²) in [5, 5.41) is 3.47. The number of benzene rings is 5. The van der Waals surface area contributed by atoms with E-state index in [0.717, 1.165) is 80.1 Å². The third-order valence-corrected chi connectivity index (χ3v) is 13.6. The maximum atomic E-state index is 12.7. The summed E-state index contributed by atoms with van der Waals surface area (Å²) < 4.78 is 56.6. The number of hydrogen-bond acceptors (Lipinski definition) is 7. The molecule has 12 heteroatoms. The number of sulfonamides is 2. The maximum absolute atomic E-state index is 12.7. The van der Waals surface area contributed by atoms with Crippen LogP contribution in [0, 0.1) is 10.8 Å². The number of carbonyl (C=O) groups is 1. The molecule has 4 aliphatic rings. The zero-order chi connectivity index (χ0) is 43.4. The zero-order valence-electron chi connectivity index (χ0n) is 35.3. The van der Waals surface area contributed by atoms with Gasteiger partial charge in [0.15, 0.2) is 0 Å². The Bertz CT molecular complexity index is 2680. The summed E-state index contributed by atoms with van der Waals surface area (Å²) in [5.74, 6) is 0. The predicted octanol–water partition coefficient (Wildman–Crippen LogP) is 8.88. The molecule has 5 aromatic rings. The SMILES string of the molecule is CS(=O)(=O)Nc1ccc(C2=CC3(CCN(C(=O)OCc4ccccc4)CC3)Cc3ccccc32)cc1.CS(=O)(=O)Nc1ccc(C2=CC3(CCNCC3)Cc3ccccc32)cc1. The summed E-state index contributed by atoms with van der Waals surface area (Å²) in [7, 11) is -6.58. The minimum absolute atomic E-state index is 0.0381. The molecule has 2 aliphatic carbocycles. The number of hydrogen-bond donors (Lipinski definition) is 3. The highest BCUT2D eigenvalue weighted by Crippen LogP contribution is 2.47. The Morgan fingerprint density at radius 3 is 1.50 bits per heavy atom. The van der Waals surface area contributed by atoms with Crippen LogP contribution in [0.15, 0.2) is 140 Å². The van der Waals surface area contributed by atoms with Crippen molar-refractivity contribution in [1.82, 2.24) is 10.2 Å². The molecule has 0 unspecified atom stereocenters. The summed E-state index contributed by atoms with van der Waals surface area (Å²) in [4.78, 5) is 14.5. The van der Waals surface area contributed by atoms with Crippen LogP contribution in [0.2, 0.25) is 0 Å². The molecule has 10 nitrogen and oxygen atoms in total. The minimum atomic E-state index is -3.33. The molecule has 322 valence electrons. The van der Waals surface area contributed by atoms with Gasteiger partial charge in [0.2, 0.25) is 20.0 Å². The first-order valence-corrected chi connectivity index (χ1v) is 25.0. The Hall–Kier alpha value is -5.69. The van der Waals surface area contributed by atoms with Crippen molar-refractivity contribution in [2.45, 2.75) is 45.1 Å². The molecule has 9 rings (SSSR count). The molecule has 62 heavy (non-hydrogen) atoms. The lowest BCUT2D eigenvalue weighted by Gasteiger charge is -2.43. The van der Waals surface area contributed by atoms with Crippen LogP contribution < -0.4 is 14.8 Å². The highest BCUT2D eigenvalue weighted by molar-refractivity contribution is 7.92. The van der Waals surface area contributed by atoms with E-state index in [9.17, 15) is 21.6 Å². The quantitative estimate of drug-likeness (QED) is 0.142. The van der Waals surface area contributed by atoms with Gasteiger partial charge in [-0.1, -0.05) is 115 Å². The van der Waals surface area contributed by atoms with Gasteiger partial charge in [0.25, 0.3) is 0 Å². The molecule has 3 N–H and O–H groups in total.